The Bertz CT molecular complexity index is 2940. The molecule has 0 unspecified atom stereocenters. The third-order valence-corrected chi connectivity index (χ3v) is 9.50. The molecule has 0 aliphatic carbocycles. The van der Waals surface area contributed by atoms with E-state index in [9.17, 15) is 0 Å². The van der Waals surface area contributed by atoms with Gasteiger partial charge in [-0.2, -0.15) is 0 Å². The minimum absolute atomic E-state index is 0.529. The summed E-state index contributed by atoms with van der Waals surface area (Å²) in [6.07, 6.45) is 6.66. The van der Waals surface area contributed by atoms with Crippen LogP contribution in [0.5, 0.6) is 0 Å². The maximum atomic E-state index is 6.13. The van der Waals surface area contributed by atoms with Crippen molar-refractivity contribution >= 4 is 66.3 Å². The molecule has 238 valence electrons. The van der Waals surface area contributed by atoms with E-state index in [4.69, 9.17) is 14.4 Å². The van der Waals surface area contributed by atoms with Gasteiger partial charge in [0.15, 0.2) is 11.3 Å². The summed E-state index contributed by atoms with van der Waals surface area (Å²) in [7, 11) is 0. The average Bonchev–Trinajstić information content (AvgIpc) is 3.85. The van der Waals surface area contributed by atoms with Crippen LogP contribution in [-0.2, 0) is 0 Å². The van der Waals surface area contributed by atoms with Crippen LogP contribution in [0.25, 0.3) is 100.0 Å². The van der Waals surface area contributed by atoms with Crippen molar-refractivity contribution in [3.05, 3.63) is 134 Å². The van der Waals surface area contributed by atoms with Crippen molar-refractivity contribution in [3.63, 3.8) is 0 Å². The molecule has 0 atom stereocenters. The Hall–Kier alpha value is -7.40. The van der Waals surface area contributed by atoms with Gasteiger partial charge in [-0.15, -0.1) is 20.4 Å². The zero-order valence-electron chi connectivity index (χ0n) is 26.6. The molecule has 0 fully saturated rings. The number of fused-ring (bicyclic) bond motifs is 9. The number of aromatic nitrogens is 10. The molecule has 11 heteroatoms. The number of para-hydroxylation sites is 2. The highest BCUT2D eigenvalue weighted by Crippen LogP contribution is 2.37. The van der Waals surface area contributed by atoms with Gasteiger partial charge in [-0.3, -0.25) is 9.13 Å². The first-order valence-electron chi connectivity index (χ1n) is 16.3. The maximum absolute atomic E-state index is 6.13. The van der Waals surface area contributed by atoms with Gasteiger partial charge in [-0.25, -0.2) is 19.9 Å². The Morgan fingerprint density at radius 3 is 1.37 bits per heavy atom. The summed E-state index contributed by atoms with van der Waals surface area (Å²) in [5, 5.41) is 20.8. The van der Waals surface area contributed by atoms with Gasteiger partial charge < -0.3 is 4.42 Å². The van der Waals surface area contributed by atoms with Crippen molar-refractivity contribution < 1.29 is 4.42 Å². The van der Waals surface area contributed by atoms with Gasteiger partial charge in [-0.05, 0) is 71.8 Å². The van der Waals surface area contributed by atoms with Crippen LogP contribution in [0.4, 0.5) is 0 Å². The standard InChI is InChI=1S/C40H22N10O/c1-3-7-27(8-4-1)49-33-17-23(11-13-29(33)35-37(49)47-45-21-43-35)25-15-31-32-16-26(20-42-40(32)51-39(31)41-19-25)24-12-14-30-34(18-24)50(28-9-5-2-6-10-28)38-36(30)44-22-46-48-38/h1-22H. The predicted octanol–water partition coefficient (Wildman–Crippen LogP) is 8.27. The molecule has 0 saturated heterocycles. The van der Waals surface area contributed by atoms with Crippen LogP contribution < -0.4 is 0 Å². The van der Waals surface area contributed by atoms with Crippen molar-refractivity contribution in [2.75, 3.05) is 0 Å². The molecule has 0 aliphatic heterocycles. The Morgan fingerprint density at radius 1 is 0.431 bits per heavy atom. The van der Waals surface area contributed by atoms with E-state index in [1.54, 1.807) is 0 Å². The second-order valence-electron chi connectivity index (χ2n) is 12.3. The molecule has 0 radical (unpaired) electrons. The Balaban J connectivity index is 1.07. The summed E-state index contributed by atoms with van der Waals surface area (Å²) in [5.41, 5.74) is 11.9. The molecule has 7 heterocycles. The van der Waals surface area contributed by atoms with Crippen LogP contribution in [0.1, 0.15) is 0 Å². The first-order valence-corrected chi connectivity index (χ1v) is 16.3. The summed E-state index contributed by atoms with van der Waals surface area (Å²) in [6, 6.07) is 37.2. The minimum Gasteiger partial charge on any atom is -0.419 e. The highest BCUT2D eigenvalue weighted by molar-refractivity contribution is 6.09. The van der Waals surface area contributed by atoms with Gasteiger partial charge >= 0.3 is 0 Å². The van der Waals surface area contributed by atoms with Crippen LogP contribution >= 0.6 is 0 Å². The highest BCUT2D eigenvalue weighted by atomic mass is 16.3. The van der Waals surface area contributed by atoms with Crippen molar-refractivity contribution in [1.29, 1.82) is 0 Å². The van der Waals surface area contributed by atoms with Gasteiger partial charge in [0.25, 0.3) is 0 Å². The molecule has 0 N–H and O–H groups in total. The summed E-state index contributed by atoms with van der Waals surface area (Å²) < 4.78 is 10.3. The first-order chi connectivity index (χ1) is 25.3. The van der Waals surface area contributed by atoms with Gasteiger partial charge in [-0.1, -0.05) is 48.5 Å². The number of pyridine rings is 2. The molecule has 7 aromatic heterocycles. The third kappa shape index (κ3) is 4.12. The van der Waals surface area contributed by atoms with Gasteiger partial charge in [0, 0.05) is 45.7 Å². The SMILES string of the molecule is c1ccc(-n2c3cc(-c4cnc5oc6ncc(-c7ccc8c9ncnnc9n(-c9ccccc9)c8c7)cc6c5c4)ccc3c3ncnnc32)cc1. The first kappa shape index (κ1) is 27.5. The lowest BCUT2D eigenvalue weighted by molar-refractivity contribution is 0.640. The normalized spacial score (nSPS) is 11.9. The lowest BCUT2D eigenvalue weighted by Crippen LogP contribution is -1.96. The lowest BCUT2D eigenvalue weighted by Gasteiger charge is -2.08. The fourth-order valence-electron chi connectivity index (χ4n) is 7.18. The predicted molar refractivity (Wildman–Crippen MR) is 196 cm³/mol. The van der Waals surface area contributed by atoms with Gasteiger partial charge in [0.1, 0.15) is 23.7 Å². The topological polar surface area (TPSA) is 126 Å². The highest BCUT2D eigenvalue weighted by Gasteiger charge is 2.19. The molecule has 51 heavy (non-hydrogen) atoms. The summed E-state index contributed by atoms with van der Waals surface area (Å²) in [4.78, 5) is 18.6. The summed E-state index contributed by atoms with van der Waals surface area (Å²) >= 11 is 0. The van der Waals surface area contributed by atoms with Crippen molar-refractivity contribution in [1.82, 2.24) is 49.5 Å². The fraction of sp³-hybridized carbons (Fsp3) is 0. The van der Waals surface area contributed by atoms with Gasteiger partial charge in [0.05, 0.1) is 21.8 Å². The Labute approximate surface area is 287 Å². The smallest absolute Gasteiger partial charge is 0.229 e. The number of rotatable bonds is 4. The summed E-state index contributed by atoms with van der Waals surface area (Å²) in [6.45, 7) is 0. The quantitative estimate of drug-likeness (QED) is 0.184. The minimum atomic E-state index is 0.529. The van der Waals surface area contributed by atoms with Gasteiger partial charge in [0.2, 0.25) is 11.4 Å². The molecule has 0 spiro atoms. The van der Waals surface area contributed by atoms with E-state index in [1.165, 1.54) is 12.7 Å². The maximum Gasteiger partial charge on any atom is 0.229 e. The molecule has 0 saturated carbocycles. The Morgan fingerprint density at radius 2 is 0.902 bits per heavy atom. The Kier molecular flexibility index (Phi) is 5.70. The van der Waals surface area contributed by atoms with Crippen molar-refractivity contribution in [2.45, 2.75) is 0 Å². The lowest BCUT2D eigenvalue weighted by atomic mass is 10.0. The molecular weight excluding hydrogens is 637 g/mol. The number of hydrogen-bond donors (Lipinski definition) is 0. The van der Waals surface area contributed by atoms with E-state index in [0.29, 0.717) is 22.7 Å². The average molecular weight is 659 g/mol. The number of benzene rings is 4. The second kappa shape index (κ2) is 10.5. The summed E-state index contributed by atoms with van der Waals surface area (Å²) in [5.74, 6) is 0. The number of nitrogens with zero attached hydrogens (tertiary/aromatic N) is 10. The number of furan rings is 1. The van der Waals surface area contributed by atoms with E-state index in [0.717, 1.165) is 77.2 Å². The van der Waals surface area contributed by atoms with Crippen LogP contribution in [0.15, 0.2) is 139 Å². The van der Waals surface area contributed by atoms with E-state index in [1.807, 2.05) is 48.8 Å². The van der Waals surface area contributed by atoms with Crippen LogP contribution in [0.3, 0.4) is 0 Å². The monoisotopic (exact) mass is 658 g/mol. The molecule has 0 aliphatic rings. The molecule has 11 nitrogen and oxygen atoms in total. The number of hydrogen-bond acceptors (Lipinski definition) is 9. The second-order valence-corrected chi connectivity index (χ2v) is 12.3. The molecule has 0 amide bonds. The molecule has 4 aromatic carbocycles. The van der Waals surface area contributed by atoms with E-state index < -0.39 is 0 Å². The molecule has 11 rings (SSSR count). The van der Waals surface area contributed by atoms with Crippen LogP contribution in [0, 0.1) is 0 Å². The van der Waals surface area contributed by atoms with E-state index in [2.05, 4.69) is 112 Å². The zero-order valence-corrected chi connectivity index (χ0v) is 26.6. The molecule has 0 bridgehead atoms. The van der Waals surface area contributed by atoms with E-state index in [-0.39, 0.29) is 0 Å². The third-order valence-electron chi connectivity index (χ3n) is 9.50. The molecule has 11 aromatic rings. The molecular formula is C40H22N10O. The van der Waals surface area contributed by atoms with Crippen LogP contribution in [-0.4, -0.2) is 49.5 Å². The van der Waals surface area contributed by atoms with E-state index >= 15 is 0 Å². The van der Waals surface area contributed by atoms with Crippen molar-refractivity contribution in [2.24, 2.45) is 0 Å². The largest absolute Gasteiger partial charge is 0.419 e. The van der Waals surface area contributed by atoms with Crippen LogP contribution in [0.2, 0.25) is 0 Å². The van der Waals surface area contributed by atoms with Crippen molar-refractivity contribution in [3.8, 4) is 33.6 Å². The zero-order chi connectivity index (χ0) is 33.5. The fourth-order valence-corrected chi connectivity index (χ4v) is 7.18.